The third kappa shape index (κ3) is 5.05. The van der Waals surface area contributed by atoms with Crippen molar-refractivity contribution in [3.8, 4) is 11.1 Å². The molecule has 0 unspecified atom stereocenters. The standard InChI is InChI=1S/C22H22N4O4S2/c1-30-12-11-23-22-25-20(24-13-15-7-9-17(10-8-15)32(27,28)29)19-18(14-31-21(19)26-22)16-5-3-2-4-6-16/h2-10,14H,11-13H2,1H3,(H,27,28,29)(H2,23,24,25,26). The van der Waals surface area contributed by atoms with Crippen LogP contribution >= 0.6 is 11.3 Å². The first-order valence-corrected chi connectivity index (χ1v) is 12.2. The van der Waals surface area contributed by atoms with Crippen molar-refractivity contribution in [1.29, 1.82) is 0 Å². The maximum absolute atomic E-state index is 11.3. The van der Waals surface area contributed by atoms with E-state index in [1.165, 1.54) is 12.1 Å². The summed E-state index contributed by atoms with van der Waals surface area (Å²) in [6.45, 7) is 1.53. The molecule has 0 aliphatic heterocycles. The van der Waals surface area contributed by atoms with Crippen LogP contribution < -0.4 is 10.6 Å². The van der Waals surface area contributed by atoms with E-state index < -0.39 is 10.1 Å². The molecule has 0 amide bonds. The molecule has 2 heterocycles. The van der Waals surface area contributed by atoms with Crippen molar-refractivity contribution in [1.82, 2.24) is 9.97 Å². The molecule has 3 N–H and O–H groups in total. The highest BCUT2D eigenvalue weighted by molar-refractivity contribution is 7.85. The largest absolute Gasteiger partial charge is 0.383 e. The molecule has 2 aromatic heterocycles. The maximum atomic E-state index is 11.3. The van der Waals surface area contributed by atoms with Gasteiger partial charge in [-0.3, -0.25) is 4.55 Å². The number of hydrogen-bond donors (Lipinski definition) is 3. The Hall–Kier alpha value is -3.05. The van der Waals surface area contributed by atoms with Crippen molar-refractivity contribution in [3.05, 3.63) is 65.5 Å². The van der Waals surface area contributed by atoms with E-state index in [4.69, 9.17) is 9.29 Å². The highest BCUT2D eigenvalue weighted by Gasteiger charge is 2.16. The first kappa shape index (κ1) is 22.2. The van der Waals surface area contributed by atoms with Gasteiger partial charge in [0.1, 0.15) is 10.6 Å². The molecule has 0 spiro atoms. The zero-order valence-electron chi connectivity index (χ0n) is 17.3. The van der Waals surface area contributed by atoms with Gasteiger partial charge in [-0.05, 0) is 23.3 Å². The number of benzene rings is 2. The first-order chi connectivity index (χ1) is 15.5. The Morgan fingerprint density at radius 2 is 1.78 bits per heavy atom. The number of anilines is 2. The molecule has 10 heteroatoms. The SMILES string of the molecule is COCCNc1nc(NCc2ccc(S(=O)(=O)O)cc2)c2c(-c3ccccc3)csc2n1. The minimum Gasteiger partial charge on any atom is -0.383 e. The highest BCUT2D eigenvalue weighted by atomic mass is 32.2. The number of nitrogens with one attached hydrogen (secondary N) is 2. The summed E-state index contributed by atoms with van der Waals surface area (Å²) in [7, 11) is -2.58. The lowest BCUT2D eigenvalue weighted by Crippen LogP contribution is -2.11. The van der Waals surface area contributed by atoms with Crippen molar-refractivity contribution in [2.24, 2.45) is 0 Å². The minimum atomic E-state index is -4.22. The molecule has 166 valence electrons. The lowest BCUT2D eigenvalue weighted by Gasteiger charge is -2.12. The van der Waals surface area contributed by atoms with Gasteiger partial charge < -0.3 is 15.4 Å². The quantitative estimate of drug-likeness (QED) is 0.245. The monoisotopic (exact) mass is 470 g/mol. The lowest BCUT2D eigenvalue weighted by atomic mass is 10.1. The summed E-state index contributed by atoms with van der Waals surface area (Å²) in [5, 5.41) is 9.53. The molecule has 8 nitrogen and oxygen atoms in total. The van der Waals surface area contributed by atoms with Gasteiger partial charge in [-0.15, -0.1) is 11.3 Å². The van der Waals surface area contributed by atoms with Crippen LogP contribution in [0.25, 0.3) is 21.3 Å². The number of methoxy groups -OCH3 is 1. The van der Waals surface area contributed by atoms with Gasteiger partial charge in [0.2, 0.25) is 5.95 Å². The number of thiophene rings is 1. The van der Waals surface area contributed by atoms with Crippen LogP contribution in [0.2, 0.25) is 0 Å². The maximum Gasteiger partial charge on any atom is 0.294 e. The van der Waals surface area contributed by atoms with Crippen LogP contribution in [0.4, 0.5) is 11.8 Å². The minimum absolute atomic E-state index is 0.139. The van der Waals surface area contributed by atoms with Crippen molar-refractivity contribution in [2.45, 2.75) is 11.4 Å². The van der Waals surface area contributed by atoms with E-state index in [1.54, 1.807) is 30.6 Å². The molecule has 32 heavy (non-hydrogen) atoms. The van der Waals surface area contributed by atoms with E-state index >= 15 is 0 Å². The predicted molar refractivity (Wildman–Crippen MR) is 127 cm³/mol. The van der Waals surface area contributed by atoms with Crippen LogP contribution in [0.3, 0.4) is 0 Å². The van der Waals surface area contributed by atoms with E-state index in [-0.39, 0.29) is 4.90 Å². The summed E-state index contributed by atoms with van der Waals surface area (Å²) in [4.78, 5) is 10.0. The molecule has 4 aromatic rings. The summed E-state index contributed by atoms with van der Waals surface area (Å²) in [6.07, 6.45) is 0. The van der Waals surface area contributed by atoms with Gasteiger partial charge in [0.25, 0.3) is 10.1 Å². The van der Waals surface area contributed by atoms with Gasteiger partial charge in [0, 0.05) is 31.1 Å². The Bertz CT molecular complexity index is 1310. The molecular formula is C22H22N4O4S2. The fourth-order valence-electron chi connectivity index (χ4n) is 3.21. The van der Waals surface area contributed by atoms with Crippen molar-refractivity contribution in [2.75, 3.05) is 30.9 Å². The van der Waals surface area contributed by atoms with E-state index in [0.717, 1.165) is 26.9 Å². The Labute approximate surface area is 190 Å². The van der Waals surface area contributed by atoms with Gasteiger partial charge in [-0.1, -0.05) is 42.5 Å². The van der Waals surface area contributed by atoms with Crippen LogP contribution in [0.5, 0.6) is 0 Å². The molecule has 0 fully saturated rings. The Kier molecular flexibility index (Phi) is 6.66. The molecule has 2 aromatic carbocycles. The Morgan fingerprint density at radius 1 is 1.03 bits per heavy atom. The number of ether oxygens (including phenoxy) is 1. The van der Waals surface area contributed by atoms with Crippen molar-refractivity contribution < 1.29 is 17.7 Å². The van der Waals surface area contributed by atoms with Gasteiger partial charge in [-0.2, -0.15) is 13.4 Å². The van der Waals surface area contributed by atoms with Gasteiger partial charge >= 0.3 is 0 Å². The van der Waals surface area contributed by atoms with Crippen LogP contribution in [0, 0.1) is 0 Å². The molecule has 0 aliphatic rings. The normalized spacial score (nSPS) is 11.6. The molecule has 4 rings (SSSR count). The average molecular weight is 471 g/mol. The second kappa shape index (κ2) is 9.61. The topological polar surface area (TPSA) is 113 Å². The van der Waals surface area contributed by atoms with Crippen LogP contribution in [0.15, 0.2) is 64.9 Å². The number of hydrogen-bond acceptors (Lipinski definition) is 8. The molecule has 0 saturated heterocycles. The smallest absolute Gasteiger partial charge is 0.294 e. The van der Waals surface area contributed by atoms with E-state index in [0.29, 0.717) is 31.5 Å². The molecule has 0 bridgehead atoms. The highest BCUT2D eigenvalue weighted by Crippen LogP contribution is 2.37. The Balaban J connectivity index is 1.67. The Morgan fingerprint density at radius 3 is 2.47 bits per heavy atom. The molecule has 0 saturated carbocycles. The fourth-order valence-corrected chi connectivity index (χ4v) is 4.64. The molecular weight excluding hydrogens is 448 g/mol. The summed E-state index contributed by atoms with van der Waals surface area (Å²) in [6, 6.07) is 16.1. The third-order valence-corrected chi connectivity index (χ3v) is 6.53. The molecule has 0 aliphatic carbocycles. The van der Waals surface area contributed by atoms with Crippen LogP contribution in [-0.4, -0.2) is 43.2 Å². The van der Waals surface area contributed by atoms with Gasteiger partial charge in [0.15, 0.2) is 0 Å². The number of rotatable bonds is 9. The number of aromatic nitrogens is 2. The summed E-state index contributed by atoms with van der Waals surface area (Å²) in [5.74, 6) is 1.18. The summed E-state index contributed by atoms with van der Waals surface area (Å²) in [5.41, 5.74) is 2.95. The van der Waals surface area contributed by atoms with E-state index in [9.17, 15) is 8.42 Å². The second-order valence-corrected chi connectivity index (χ2v) is 9.26. The summed E-state index contributed by atoms with van der Waals surface area (Å²) >= 11 is 1.55. The summed E-state index contributed by atoms with van der Waals surface area (Å²) < 4.78 is 36.8. The van der Waals surface area contributed by atoms with Gasteiger partial charge in [-0.25, -0.2) is 4.98 Å². The molecule has 0 atom stereocenters. The van der Waals surface area contributed by atoms with Crippen LogP contribution in [0.1, 0.15) is 5.56 Å². The average Bonchev–Trinajstić information content (AvgIpc) is 3.22. The molecule has 0 radical (unpaired) electrons. The third-order valence-electron chi connectivity index (χ3n) is 4.79. The van der Waals surface area contributed by atoms with E-state index in [1.807, 2.05) is 30.3 Å². The first-order valence-electron chi connectivity index (χ1n) is 9.83. The predicted octanol–water partition coefficient (Wildman–Crippen LogP) is 4.28. The number of nitrogens with zero attached hydrogens (tertiary/aromatic N) is 2. The second-order valence-electron chi connectivity index (χ2n) is 6.98. The van der Waals surface area contributed by atoms with Crippen molar-refractivity contribution >= 4 is 43.4 Å². The van der Waals surface area contributed by atoms with E-state index in [2.05, 4.69) is 26.0 Å². The lowest BCUT2D eigenvalue weighted by molar-refractivity contribution is 0.210. The zero-order chi connectivity index (χ0) is 22.6. The fraction of sp³-hybridized carbons (Fsp3) is 0.182. The number of fused-ring (bicyclic) bond motifs is 1. The van der Waals surface area contributed by atoms with Gasteiger partial charge in [0.05, 0.1) is 16.9 Å². The van der Waals surface area contributed by atoms with Crippen molar-refractivity contribution in [3.63, 3.8) is 0 Å². The van der Waals surface area contributed by atoms with Crippen LogP contribution in [-0.2, 0) is 21.4 Å². The zero-order valence-corrected chi connectivity index (χ0v) is 18.9.